The largest absolute Gasteiger partial charge is 0.383 e. The minimum atomic E-state index is -0.860. The molecule has 1 unspecified atom stereocenters. The van der Waals surface area contributed by atoms with E-state index in [1.54, 1.807) is 6.20 Å². The van der Waals surface area contributed by atoms with Crippen LogP contribution in [-0.2, 0) is 16.0 Å². The van der Waals surface area contributed by atoms with Crippen LogP contribution < -0.4 is 0 Å². The van der Waals surface area contributed by atoms with Gasteiger partial charge in [0.2, 0.25) is 0 Å². The van der Waals surface area contributed by atoms with E-state index >= 15 is 0 Å². The Morgan fingerprint density at radius 1 is 1.21 bits per heavy atom. The summed E-state index contributed by atoms with van der Waals surface area (Å²) in [6.07, 6.45) is 6.72. The Morgan fingerprint density at radius 2 is 1.92 bits per heavy atom. The van der Waals surface area contributed by atoms with Crippen molar-refractivity contribution >= 4 is 11.9 Å². The number of aliphatic hydroxyl groups excluding tert-OH is 1. The van der Waals surface area contributed by atoms with Crippen LogP contribution in [0, 0.1) is 5.92 Å². The Bertz CT molecular complexity index is 627. The fourth-order valence-electron chi connectivity index (χ4n) is 3.32. The summed E-state index contributed by atoms with van der Waals surface area (Å²) in [7, 11) is 0. The summed E-state index contributed by atoms with van der Waals surface area (Å²) in [5, 5.41) is 10.5. The van der Waals surface area contributed by atoms with Crippen molar-refractivity contribution in [1.29, 1.82) is 0 Å². The number of carbonyl (C=O) groups excluding carboxylic acids is 1. The van der Waals surface area contributed by atoms with Gasteiger partial charge in [0.05, 0.1) is 0 Å². The highest BCUT2D eigenvalue weighted by molar-refractivity contribution is 5.85. The molecular formula is C20H25NO3. The number of hydrogen-bond acceptors (Lipinski definition) is 4. The summed E-state index contributed by atoms with van der Waals surface area (Å²) >= 11 is 0. The minimum absolute atomic E-state index is 0.416. The van der Waals surface area contributed by atoms with Gasteiger partial charge < -0.3 is 14.7 Å². The SMILES string of the molecule is CCc1ccc(C2=CN(CC3CCOCC3)C=C(C=O)C2O)cc1. The third-order valence-electron chi connectivity index (χ3n) is 4.87. The zero-order chi connectivity index (χ0) is 16.9. The Kier molecular flexibility index (Phi) is 5.48. The van der Waals surface area contributed by atoms with Crippen molar-refractivity contribution in [3.63, 3.8) is 0 Å². The molecule has 1 aromatic rings. The summed E-state index contributed by atoms with van der Waals surface area (Å²) in [5.74, 6) is 0.554. The van der Waals surface area contributed by atoms with E-state index in [-0.39, 0.29) is 0 Å². The third kappa shape index (κ3) is 3.77. The molecule has 2 heterocycles. The number of aryl methyl sites for hydroxylation is 1. The monoisotopic (exact) mass is 327 g/mol. The molecule has 24 heavy (non-hydrogen) atoms. The fraction of sp³-hybridized carbons (Fsp3) is 0.450. The molecular weight excluding hydrogens is 302 g/mol. The average molecular weight is 327 g/mol. The van der Waals surface area contributed by atoms with Crippen LogP contribution in [0.25, 0.3) is 5.57 Å². The Hall–Kier alpha value is -1.91. The van der Waals surface area contributed by atoms with Gasteiger partial charge >= 0.3 is 0 Å². The Morgan fingerprint density at radius 3 is 2.54 bits per heavy atom. The maximum absolute atomic E-state index is 11.4. The number of aliphatic hydroxyl groups is 1. The fourth-order valence-corrected chi connectivity index (χ4v) is 3.32. The van der Waals surface area contributed by atoms with Gasteiger partial charge in [-0.05, 0) is 36.3 Å². The van der Waals surface area contributed by atoms with Crippen LogP contribution in [0.3, 0.4) is 0 Å². The van der Waals surface area contributed by atoms with Crippen molar-refractivity contribution in [2.24, 2.45) is 5.92 Å². The van der Waals surface area contributed by atoms with Gasteiger partial charge in [-0.3, -0.25) is 4.79 Å². The first kappa shape index (κ1) is 16.9. The number of benzene rings is 1. The molecule has 0 aromatic heterocycles. The number of nitrogens with zero attached hydrogens (tertiary/aromatic N) is 1. The van der Waals surface area contributed by atoms with Crippen molar-refractivity contribution in [3.8, 4) is 0 Å². The van der Waals surface area contributed by atoms with E-state index in [9.17, 15) is 9.90 Å². The predicted octanol–water partition coefficient (Wildman–Crippen LogP) is 2.78. The average Bonchev–Trinajstić information content (AvgIpc) is 2.64. The number of aldehydes is 1. The molecule has 4 heteroatoms. The second-order valence-corrected chi connectivity index (χ2v) is 6.54. The molecule has 2 aliphatic rings. The van der Waals surface area contributed by atoms with Crippen molar-refractivity contribution in [2.45, 2.75) is 32.3 Å². The summed E-state index contributed by atoms with van der Waals surface area (Å²) in [6.45, 7) is 4.58. The molecule has 0 saturated carbocycles. The summed E-state index contributed by atoms with van der Waals surface area (Å²) in [6, 6.07) is 8.19. The van der Waals surface area contributed by atoms with Crippen LogP contribution in [0.1, 0.15) is 30.9 Å². The summed E-state index contributed by atoms with van der Waals surface area (Å²) in [5.41, 5.74) is 3.42. The van der Waals surface area contributed by atoms with E-state index in [1.807, 2.05) is 18.3 Å². The summed E-state index contributed by atoms with van der Waals surface area (Å²) in [4.78, 5) is 13.4. The van der Waals surface area contributed by atoms with Gasteiger partial charge in [0.25, 0.3) is 0 Å². The van der Waals surface area contributed by atoms with Gasteiger partial charge in [-0.25, -0.2) is 0 Å². The lowest BCUT2D eigenvalue weighted by atomic mass is 9.92. The topological polar surface area (TPSA) is 49.8 Å². The molecule has 1 atom stereocenters. The van der Waals surface area contributed by atoms with Crippen molar-refractivity contribution < 1.29 is 14.6 Å². The lowest BCUT2D eigenvalue weighted by molar-refractivity contribution is -0.105. The molecule has 3 rings (SSSR count). The van der Waals surface area contributed by atoms with E-state index in [2.05, 4.69) is 24.0 Å². The van der Waals surface area contributed by atoms with E-state index < -0.39 is 6.10 Å². The highest BCUT2D eigenvalue weighted by Crippen LogP contribution is 2.29. The maximum atomic E-state index is 11.4. The third-order valence-corrected chi connectivity index (χ3v) is 4.87. The van der Waals surface area contributed by atoms with Crippen LogP contribution in [0.2, 0.25) is 0 Å². The smallest absolute Gasteiger partial charge is 0.150 e. The number of rotatable bonds is 5. The lowest BCUT2D eigenvalue weighted by Crippen LogP contribution is -2.31. The van der Waals surface area contributed by atoms with Gasteiger partial charge in [0, 0.05) is 43.3 Å². The normalized spacial score (nSPS) is 22.1. The molecule has 4 nitrogen and oxygen atoms in total. The predicted molar refractivity (Wildman–Crippen MR) is 94.2 cm³/mol. The second kappa shape index (κ2) is 7.77. The second-order valence-electron chi connectivity index (χ2n) is 6.54. The van der Waals surface area contributed by atoms with Crippen LogP contribution in [0.4, 0.5) is 0 Å². The first-order chi connectivity index (χ1) is 11.7. The van der Waals surface area contributed by atoms with Gasteiger partial charge in [-0.1, -0.05) is 31.2 Å². The minimum Gasteiger partial charge on any atom is -0.383 e. The van der Waals surface area contributed by atoms with Crippen LogP contribution in [0.15, 0.2) is 42.2 Å². The van der Waals surface area contributed by atoms with Crippen LogP contribution in [0.5, 0.6) is 0 Å². The van der Waals surface area contributed by atoms with Gasteiger partial charge in [-0.15, -0.1) is 0 Å². The van der Waals surface area contributed by atoms with Gasteiger partial charge in [-0.2, -0.15) is 0 Å². The quantitative estimate of drug-likeness (QED) is 0.845. The molecule has 1 saturated heterocycles. The zero-order valence-electron chi connectivity index (χ0n) is 14.1. The molecule has 0 spiro atoms. The molecule has 1 fully saturated rings. The molecule has 1 N–H and O–H groups in total. The molecule has 128 valence electrons. The van der Waals surface area contributed by atoms with Crippen molar-refractivity contribution in [1.82, 2.24) is 4.90 Å². The number of carbonyl (C=O) groups is 1. The Labute approximate surface area is 143 Å². The van der Waals surface area contributed by atoms with Crippen molar-refractivity contribution in [3.05, 3.63) is 53.4 Å². The molecule has 1 aromatic carbocycles. The highest BCUT2D eigenvalue weighted by Gasteiger charge is 2.25. The number of hydrogen-bond donors (Lipinski definition) is 1. The Balaban J connectivity index is 1.83. The highest BCUT2D eigenvalue weighted by atomic mass is 16.5. The lowest BCUT2D eigenvalue weighted by Gasteiger charge is -2.31. The van der Waals surface area contributed by atoms with E-state index in [0.29, 0.717) is 11.5 Å². The van der Waals surface area contributed by atoms with Gasteiger partial charge in [0.15, 0.2) is 0 Å². The van der Waals surface area contributed by atoms with E-state index in [4.69, 9.17) is 4.74 Å². The van der Waals surface area contributed by atoms with Crippen molar-refractivity contribution in [2.75, 3.05) is 19.8 Å². The van der Waals surface area contributed by atoms with E-state index in [0.717, 1.165) is 56.4 Å². The molecule has 0 amide bonds. The standard InChI is InChI=1S/C20H25NO3/c1-2-15-3-5-17(6-4-15)19-13-21(12-18(14-22)20(19)23)11-16-7-9-24-10-8-16/h3-6,12-14,16,20,23H,2,7-11H2,1H3. The molecule has 0 bridgehead atoms. The zero-order valence-corrected chi connectivity index (χ0v) is 14.1. The first-order valence-electron chi connectivity index (χ1n) is 8.70. The van der Waals surface area contributed by atoms with Crippen LogP contribution >= 0.6 is 0 Å². The molecule has 0 aliphatic carbocycles. The van der Waals surface area contributed by atoms with Gasteiger partial charge in [0.1, 0.15) is 12.4 Å². The molecule has 0 radical (unpaired) electrons. The maximum Gasteiger partial charge on any atom is 0.150 e. The molecule has 2 aliphatic heterocycles. The van der Waals surface area contributed by atoms with E-state index in [1.165, 1.54) is 5.56 Å². The number of ether oxygens (including phenoxy) is 1. The first-order valence-corrected chi connectivity index (χ1v) is 8.70. The summed E-state index contributed by atoms with van der Waals surface area (Å²) < 4.78 is 5.41. The van der Waals surface area contributed by atoms with Crippen LogP contribution in [-0.4, -0.2) is 42.2 Å².